The minimum atomic E-state index is -0.185. The monoisotopic (exact) mass is 202 g/mol. The summed E-state index contributed by atoms with van der Waals surface area (Å²) in [6.45, 7) is 7.31. The molecule has 0 aromatic carbocycles. The molecule has 2 nitrogen and oxygen atoms in total. The zero-order valence-corrected chi connectivity index (χ0v) is 9.43. The molecule has 0 aromatic heterocycles. The first-order chi connectivity index (χ1) is 6.77. The van der Waals surface area contributed by atoms with Crippen molar-refractivity contribution in [3.8, 4) is 0 Å². The number of hydrogen-bond donors (Lipinski definition) is 1. The summed E-state index contributed by atoms with van der Waals surface area (Å²) in [6, 6.07) is 1.19. The van der Waals surface area contributed by atoms with Crippen LogP contribution in [-0.4, -0.2) is 43.3 Å². The Morgan fingerprint density at radius 3 is 2.93 bits per heavy atom. The zero-order chi connectivity index (χ0) is 10.4. The van der Waals surface area contributed by atoms with Gasteiger partial charge in [-0.3, -0.25) is 9.29 Å². The van der Waals surface area contributed by atoms with Crippen molar-refractivity contribution in [2.75, 3.05) is 26.3 Å². The Balaban J connectivity index is 2.30. The summed E-state index contributed by atoms with van der Waals surface area (Å²) in [5.74, 6) is 0. The van der Waals surface area contributed by atoms with Gasteiger partial charge in [-0.05, 0) is 19.8 Å². The summed E-state index contributed by atoms with van der Waals surface area (Å²) in [7, 11) is 0. The van der Waals surface area contributed by atoms with E-state index >= 15 is 0 Å². The Bertz CT molecular complexity index is 152. The number of nitrogens with one attached hydrogen (secondary N) is 1. The van der Waals surface area contributed by atoms with Crippen LogP contribution in [0.25, 0.3) is 0 Å². The largest absolute Gasteiger partial charge is 0.311 e. The van der Waals surface area contributed by atoms with Crippen LogP contribution >= 0.6 is 0 Å². The first-order valence-electron chi connectivity index (χ1n) is 5.81. The van der Waals surface area contributed by atoms with Gasteiger partial charge in [-0.2, -0.15) is 0 Å². The molecular formula is C11H23FN2. The van der Waals surface area contributed by atoms with Gasteiger partial charge in [-0.1, -0.05) is 13.3 Å². The molecule has 1 fully saturated rings. The zero-order valence-electron chi connectivity index (χ0n) is 9.43. The second kappa shape index (κ2) is 6.36. The van der Waals surface area contributed by atoms with E-state index in [4.69, 9.17) is 0 Å². The molecule has 0 radical (unpaired) electrons. The van der Waals surface area contributed by atoms with E-state index in [1.807, 2.05) is 0 Å². The third-order valence-electron chi connectivity index (χ3n) is 3.00. The van der Waals surface area contributed by atoms with E-state index in [0.29, 0.717) is 18.5 Å². The maximum Gasteiger partial charge on any atom is 0.0906 e. The first kappa shape index (κ1) is 11.9. The van der Waals surface area contributed by atoms with Crippen molar-refractivity contribution in [1.82, 2.24) is 10.2 Å². The molecule has 1 N–H and O–H groups in total. The van der Waals surface area contributed by atoms with Crippen LogP contribution in [0, 0.1) is 0 Å². The van der Waals surface area contributed by atoms with Crippen LogP contribution < -0.4 is 5.32 Å². The predicted molar refractivity (Wildman–Crippen MR) is 58.3 cm³/mol. The maximum absolute atomic E-state index is 12.1. The second-order valence-corrected chi connectivity index (χ2v) is 4.28. The molecule has 0 spiro atoms. The fraction of sp³-hybridized carbons (Fsp3) is 1.00. The van der Waals surface area contributed by atoms with Crippen molar-refractivity contribution in [3.63, 3.8) is 0 Å². The van der Waals surface area contributed by atoms with Crippen molar-refractivity contribution in [3.05, 3.63) is 0 Å². The van der Waals surface area contributed by atoms with Crippen molar-refractivity contribution in [1.29, 1.82) is 0 Å². The lowest BCUT2D eigenvalue weighted by Crippen LogP contribution is -2.55. The van der Waals surface area contributed by atoms with Crippen LogP contribution in [0.15, 0.2) is 0 Å². The van der Waals surface area contributed by atoms with Crippen LogP contribution in [0.2, 0.25) is 0 Å². The molecule has 0 aliphatic carbocycles. The lowest BCUT2D eigenvalue weighted by Gasteiger charge is -2.38. The third-order valence-corrected chi connectivity index (χ3v) is 3.00. The van der Waals surface area contributed by atoms with Gasteiger partial charge in [0.2, 0.25) is 0 Å². The van der Waals surface area contributed by atoms with Crippen molar-refractivity contribution in [2.24, 2.45) is 0 Å². The number of nitrogens with zero attached hydrogens (tertiary/aromatic N) is 1. The minimum absolute atomic E-state index is 0.185. The summed E-state index contributed by atoms with van der Waals surface area (Å²) in [6.07, 6.45) is 3.14. The highest BCUT2D eigenvalue weighted by Gasteiger charge is 2.23. The van der Waals surface area contributed by atoms with Gasteiger partial charge in [0, 0.05) is 31.7 Å². The smallest absolute Gasteiger partial charge is 0.0906 e. The van der Waals surface area contributed by atoms with Crippen LogP contribution in [0.3, 0.4) is 0 Å². The van der Waals surface area contributed by atoms with Crippen LogP contribution in [-0.2, 0) is 0 Å². The lowest BCUT2D eigenvalue weighted by molar-refractivity contribution is 0.132. The topological polar surface area (TPSA) is 15.3 Å². The quantitative estimate of drug-likeness (QED) is 0.731. The molecule has 3 heteroatoms. The third kappa shape index (κ3) is 3.54. The molecule has 0 bridgehead atoms. The summed E-state index contributed by atoms with van der Waals surface area (Å²) in [5, 5.41) is 3.54. The summed E-state index contributed by atoms with van der Waals surface area (Å²) in [4.78, 5) is 2.41. The van der Waals surface area contributed by atoms with Gasteiger partial charge in [0.15, 0.2) is 0 Å². The Morgan fingerprint density at radius 2 is 2.29 bits per heavy atom. The molecule has 1 aliphatic heterocycles. The molecule has 1 saturated heterocycles. The standard InChI is InChI=1S/C11H23FN2/c1-3-5-11-9-14(7-4-6-12)10(2)8-13-11/h10-11,13H,3-9H2,1-2H3. The fourth-order valence-corrected chi connectivity index (χ4v) is 2.11. The van der Waals surface area contributed by atoms with Crippen LogP contribution in [0.5, 0.6) is 0 Å². The van der Waals surface area contributed by atoms with Gasteiger partial charge >= 0.3 is 0 Å². The summed E-state index contributed by atoms with van der Waals surface area (Å²) >= 11 is 0. The minimum Gasteiger partial charge on any atom is -0.311 e. The Labute approximate surface area is 86.9 Å². The Kier molecular flexibility index (Phi) is 5.41. The van der Waals surface area contributed by atoms with Gasteiger partial charge < -0.3 is 5.32 Å². The SMILES string of the molecule is CCCC1CN(CCCF)C(C)CN1. The maximum atomic E-state index is 12.1. The van der Waals surface area contributed by atoms with Gasteiger partial charge in [0.25, 0.3) is 0 Å². The normalized spacial score (nSPS) is 29.4. The Morgan fingerprint density at radius 1 is 1.50 bits per heavy atom. The second-order valence-electron chi connectivity index (χ2n) is 4.28. The molecular weight excluding hydrogens is 179 g/mol. The molecule has 14 heavy (non-hydrogen) atoms. The number of alkyl halides is 1. The Hall–Kier alpha value is -0.150. The average molecular weight is 202 g/mol. The number of hydrogen-bond acceptors (Lipinski definition) is 2. The van der Waals surface area contributed by atoms with Crippen LogP contribution in [0.1, 0.15) is 33.1 Å². The molecule has 0 amide bonds. The van der Waals surface area contributed by atoms with E-state index < -0.39 is 0 Å². The highest BCUT2D eigenvalue weighted by atomic mass is 19.1. The molecule has 1 rings (SSSR count). The molecule has 0 saturated carbocycles. The van der Waals surface area contributed by atoms with E-state index in [1.54, 1.807) is 0 Å². The van der Waals surface area contributed by atoms with E-state index in [2.05, 4.69) is 24.1 Å². The van der Waals surface area contributed by atoms with Crippen molar-refractivity contribution >= 4 is 0 Å². The number of piperazine rings is 1. The van der Waals surface area contributed by atoms with Gasteiger partial charge in [0.1, 0.15) is 0 Å². The molecule has 1 aliphatic rings. The number of halogens is 1. The average Bonchev–Trinajstić information content (AvgIpc) is 2.19. The summed E-state index contributed by atoms with van der Waals surface area (Å²) < 4.78 is 12.1. The van der Waals surface area contributed by atoms with E-state index in [9.17, 15) is 4.39 Å². The molecule has 84 valence electrons. The highest BCUT2D eigenvalue weighted by Crippen LogP contribution is 2.10. The molecule has 1 heterocycles. The van der Waals surface area contributed by atoms with E-state index in [-0.39, 0.29) is 6.67 Å². The first-order valence-corrected chi connectivity index (χ1v) is 5.81. The van der Waals surface area contributed by atoms with Crippen LogP contribution in [0.4, 0.5) is 4.39 Å². The van der Waals surface area contributed by atoms with Gasteiger partial charge in [-0.15, -0.1) is 0 Å². The summed E-state index contributed by atoms with van der Waals surface area (Å²) in [5.41, 5.74) is 0. The molecule has 2 atom stereocenters. The van der Waals surface area contributed by atoms with Crippen molar-refractivity contribution < 1.29 is 4.39 Å². The number of rotatable bonds is 5. The molecule has 2 unspecified atom stereocenters. The lowest BCUT2D eigenvalue weighted by atomic mass is 10.1. The van der Waals surface area contributed by atoms with Gasteiger partial charge in [0.05, 0.1) is 6.67 Å². The van der Waals surface area contributed by atoms with Gasteiger partial charge in [-0.25, -0.2) is 0 Å². The fourth-order valence-electron chi connectivity index (χ4n) is 2.11. The van der Waals surface area contributed by atoms with Crippen molar-refractivity contribution in [2.45, 2.75) is 45.2 Å². The van der Waals surface area contributed by atoms with E-state index in [0.717, 1.165) is 19.6 Å². The highest BCUT2D eigenvalue weighted by molar-refractivity contribution is 4.83. The molecule has 0 aromatic rings. The predicted octanol–water partition coefficient (Wildman–Crippen LogP) is 1.81. The van der Waals surface area contributed by atoms with E-state index in [1.165, 1.54) is 12.8 Å².